The van der Waals surface area contributed by atoms with E-state index in [-0.39, 0.29) is 37.2 Å². The first-order chi connectivity index (χ1) is 20.2. The summed E-state index contributed by atoms with van der Waals surface area (Å²) in [5.41, 5.74) is -0.656. The molecule has 4 amide bonds. The Kier molecular flexibility index (Phi) is 8.03. The molecule has 3 aromatic carbocycles. The average molecular weight is 588 g/mol. The first kappa shape index (κ1) is 28.5. The average Bonchev–Trinajstić information content (AvgIpc) is 2.98. The van der Waals surface area contributed by atoms with Crippen LogP contribution in [0.25, 0.3) is 10.9 Å². The molecular weight excluding hydrogens is 562 g/mol. The highest BCUT2D eigenvalue weighted by Crippen LogP contribution is 2.30. The van der Waals surface area contributed by atoms with Gasteiger partial charge in [0.25, 0.3) is 11.5 Å². The number of nitrogens with one attached hydrogen (secondary N) is 3. The zero-order chi connectivity index (χ0) is 29.9. The van der Waals surface area contributed by atoms with Crippen LogP contribution in [0.15, 0.2) is 77.6 Å². The van der Waals surface area contributed by atoms with Gasteiger partial charge in [0.05, 0.1) is 10.9 Å². The fraction of sp³-hybridized carbons (Fsp3) is 0.200. The summed E-state index contributed by atoms with van der Waals surface area (Å²) in [5, 5.41) is 8.25. The van der Waals surface area contributed by atoms with Crippen LogP contribution in [0.5, 0.6) is 0 Å². The molecule has 1 aliphatic heterocycles. The summed E-state index contributed by atoms with van der Waals surface area (Å²) in [5.74, 6) is -2.39. The molecule has 12 heteroatoms. The standard InChI is InChI=1S/C30H26ClN5O6/c1-18-33-24-12-7-20(16-32-29(41)34-22-10-8-21(31)9-11-22)15-23(24)26(38)36(18)30(14-13-25(37)35-27(30)39)28(40)42-17-19-5-3-2-4-6-19/h2-12,15H,13-14,16-17H2,1H3,(H2,32,34,41)(H,35,37,39). The van der Waals surface area contributed by atoms with E-state index in [1.165, 1.54) is 13.0 Å². The Labute approximate surface area is 244 Å². The predicted octanol–water partition coefficient (Wildman–Crippen LogP) is 3.56. The van der Waals surface area contributed by atoms with Gasteiger partial charge in [-0.15, -0.1) is 0 Å². The number of ether oxygens (including phenoxy) is 1. The number of aryl methyl sites for hydroxylation is 1. The maximum Gasteiger partial charge on any atom is 0.342 e. The summed E-state index contributed by atoms with van der Waals surface area (Å²) in [7, 11) is 0. The van der Waals surface area contributed by atoms with Gasteiger partial charge in [0.15, 0.2) is 0 Å². The van der Waals surface area contributed by atoms with E-state index in [1.54, 1.807) is 60.7 Å². The first-order valence-electron chi connectivity index (χ1n) is 13.1. The molecule has 11 nitrogen and oxygen atoms in total. The Hall–Kier alpha value is -5.03. The molecule has 1 saturated heterocycles. The van der Waals surface area contributed by atoms with Crippen molar-refractivity contribution in [2.24, 2.45) is 0 Å². The molecule has 1 fully saturated rings. The van der Waals surface area contributed by atoms with Crippen molar-refractivity contribution in [1.29, 1.82) is 0 Å². The number of carbonyl (C=O) groups excluding carboxylic acids is 4. The number of esters is 1. The van der Waals surface area contributed by atoms with Gasteiger partial charge in [-0.2, -0.15) is 0 Å². The molecule has 1 unspecified atom stereocenters. The van der Waals surface area contributed by atoms with Gasteiger partial charge >= 0.3 is 12.0 Å². The van der Waals surface area contributed by atoms with Crippen molar-refractivity contribution in [3.05, 3.63) is 105 Å². The fourth-order valence-electron chi connectivity index (χ4n) is 4.84. The van der Waals surface area contributed by atoms with Gasteiger partial charge in [-0.25, -0.2) is 14.6 Å². The zero-order valence-corrected chi connectivity index (χ0v) is 23.2. The monoisotopic (exact) mass is 587 g/mol. The molecule has 2 heterocycles. The molecule has 1 atom stereocenters. The van der Waals surface area contributed by atoms with Gasteiger partial charge in [0, 0.05) is 23.7 Å². The Balaban J connectivity index is 1.46. The molecule has 1 aliphatic rings. The Bertz CT molecular complexity index is 1760. The summed E-state index contributed by atoms with van der Waals surface area (Å²) in [6, 6.07) is 19.9. The van der Waals surface area contributed by atoms with E-state index in [4.69, 9.17) is 16.3 Å². The second-order valence-corrected chi connectivity index (χ2v) is 10.2. The maximum atomic E-state index is 14.0. The summed E-state index contributed by atoms with van der Waals surface area (Å²) in [6.07, 6.45) is -0.450. The second kappa shape index (κ2) is 11.8. The first-order valence-corrected chi connectivity index (χ1v) is 13.4. The molecule has 0 aliphatic carbocycles. The van der Waals surface area contributed by atoms with Crippen molar-refractivity contribution < 1.29 is 23.9 Å². The van der Waals surface area contributed by atoms with Crippen molar-refractivity contribution in [2.75, 3.05) is 5.32 Å². The third-order valence-electron chi connectivity index (χ3n) is 6.93. The summed E-state index contributed by atoms with van der Waals surface area (Å²) >= 11 is 5.88. The minimum atomic E-state index is -2.14. The number of piperidine rings is 1. The molecule has 1 aromatic heterocycles. The molecule has 5 rings (SSSR count). The largest absolute Gasteiger partial charge is 0.459 e. The SMILES string of the molecule is Cc1nc2ccc(CNC(=O)Nc3ccc(Cl)cc3)cc2c(=O)n1C1(C(=O)OCc2ccccc2)CCC(=O)NC1=O. The number of rotatable bonds is 7. The molecule has 3 N–H and O–H groups in total. The van der Waals surface area contributed by atoms with Crippen molar-refractivity contribution in [3.8, 4) is 0 Å². The van der Waals surface area contributed by atoms with E-state index in [9.17, 15) is 24.0 Å². The Morgan fingerprint density at radius 1 is 1.02 bits per heavy atom. The van der Waals surface area contributed by atoms with Crippen LogP contribution in [-0.4, -0.2) is 33.4 Å². The Morgan fingerprint density at radius 3 is 2.48 bits per heavy atom. The van der Waals surface area contributed by atoms with Crippen molar-refractivity contribution in [3.63, 3.8) is 0 Å². The lowest BCUT2D eigenvalue weighted by Gasteiger charge is -2.35. The van der Waals surface area contributed by atoms with E-state index < -0.39 is 34.9 Å². The van der Waals surface area contributed by atoms with Gasteiger partial charge in [-0.05, 0) is 60.9 Å². The summed E-state index contributed by atoms with van der Waals surface area (Å²) in [6.45, 7) is 1.45. The number of imide groups is 1. The second-order valence-electron chi connectivity index (χ2n) is 9.76. The van der Waals surface area contributed by atoms with Gasteiger partial charge < -0.3 is 15.4 Å². The molecule has 4 aromatic rings. The summed E-state index contributed by atoms with van der Waals surface area (Å²) in [4.78, 5) is 69.9. The molecule has 42 heavy (non-hydrogen) atoms. The van der Waals surface area contributed by atoms with Crippen LogP contribution in [0, 0.1) is 6.92 Å². The molecule has 0 radical (unpaired) electrons. The zero-order valence-electron chi connectivity index (χ0n) is 22.5. The molecule has 0 saturated carbocycles. The van der Waals surface area contributed by atoms with Crippen LogP contribution in [0.4, 0.5) is 10.5 Å². The third-order valence-corrected chi connectivity index (χ3v) is 7.18. The minimum Gasteiger partial charge on any atom is -0.459 e. The van der Waals surface area contributed by atoms with Crippen LogP contribution in [0.3, 0.4) is 0 Å². The lowest BCUT2D eigenvalue weighted by Crippen LogP contribution is -2.62. The number of aromatic nitrogens is 2. The molecule has 0 spiro atoms. The minimum absolute atomic E-state index is 0.0714. The van der Waals surface area contributed by atoms with Crippen LogP contribution in [0.1, 0.15) is 29.8 Å². The van der Waals surface area contributed by atoms with Gasteiger partial charge in [-0.1, -0.05) is 48.0 Å². The number of nitrogens with zero attached hydrogens (tertiary/aromatic N) is 2. The van der Waals surface area contributed by atoms with Gasteiger partial charge in [0.2, 0.25) is 11.4 Å². The number of hydrogen-bond donors (Lipinski definition) is 3. The van der Waals surface area contributed by atoms with Crippen molar-refractivity contribution in [1.82, 2.24) is 20.2 Å². The van der Waals surface area contributed by atoms with Crippen LogP contribution < -0.4 is 21.5 Å². The normalized spacial score (nSPS) is 16.5. The number of benzene rings is 3. The quantitative estimate of drug-likeness (QED) is 0.170. The van der Waals surface area contributed by atoms with Crippen LogP contribution >= 0.6 is 11.6 Å². The van der Waals surface area contributed by atoms with Crippen molar-refractivity contribution >= 4 is 52.0 Å². The lowest BCUT2D eigenvalue weighted by molar-refractivity contribution is -0.164. The van der Waals surface area contributed by atoms with E-state index in [0.29, 0.717) is 27.4 Å². The Morgan fingerprint density at radius 2 is 1.76 bits per heavy atom. The highest BCUT2D eigenvalue weighted by molar-refractivity contribution is 6.30. The number of urea groups is 1. The number of halogens is 1. The number of amides is 4. The lowest BCUT2D eigenvalue weighted by atomic mass is 9.87. The molecule has 214 valence electrons. The maximum absolute atomic E-state index is 14.0. The third kappa shape index (κ3) is 5.72. The highest BCUT2D eigenvalue weighted by atomic mass is 35.5. The smallest absolute Gasteiger partial charge is 0.342 e. The van der Waals surface area contributed by atoms with Gasteiger partial charge in [0.1, 0.15) is 12.4 Å². The van der Waals surface area contributed by atoms with E-state index in [2.05, 4.69) is 20.9 Å². The number of anilines is 1. The summed E-state index contributed by atoms with van der Waals surface area (Å²) < 4.78 is 6.55. The number of fused-ring (bicyclic) bond motifs is 1. The molecular formula is C30H26ClN5O6. The van der Waals surface area contributed by atoms with Crippen LogP contribution in [-0.2, 0) is 37.8 Å². The van der Waals surface area contributed by atoms with Gasteiger partial charge in [-0.3, -0.25) is 24.3 Å². The van der Waals surface area contributed by atoms with E-state index in [0.717, 1.165) is 4.57 Å². The molecule has 0 bridgehead atoms. The number of hydrogen-bond acceptors (Lipinski definition) is 7. The van der Waals surface area contributed by atoms with Crippen molar-refractivity contribution in [2.45, 2.75) is 38.5 Å². The highest BCUT2D eigenvalue weighted by Gasteiger charge is 2.54. The van der Waals surface area contributed by atoms with E-state index >= 15 is 0 Å². The predicted molar refractivity (Wildman–Crippen MR) is 155 cm³/mol. The van der Waals surface area contributed by atoms with Crippen LogP contribution in [0.2, 0.25) is 5.02 Å². The topological polar surface area (TPSA) is 148 Å². The fourth-order valence-corrected chi connectivity index (χ4v) is 4.96. The van der Waals surface area contributed by atoms with E-state index in [1.807, 2.05) is 6.07 Å². The number of carbonyl (C=O) groups is 4.